The van der Waals surface area contributed by atoms with Gasteiger partial charge in [0.05, 0.1) is 12.2 Å². The minimum absolute atomic E-state index is 0.0464. The van der Waals surface area contributed by atoms with Crippen molar-refractivity contribution in [1.82, 2.24) is 10.6 Å². The Morgan fingerprint density at radius 1 is 1.21 bits per heavy atom. The van der Waals surface area contributed by atoms with Crippen LogP contribution in [0.2, 0.25) is 0 Å². The maximum Gasteiger partial charge on any atom is 0.306 e. The molecule has 1 fully saturated rings. The van der Waals surface area contributed by atoms with E-state index in [1.54, 1.807) is 6.07 Å². The van der Waals surface area contributed by atoms with Crippen LogP contribution in [-0.4, -0.2) is 35.0 Å². The maximum absolute atomic E-state index is 12.5. The number of rotatable bonds is 6. The summed E-state index contributed by atoms with van der Waals surface area (Å²) in [6.07, 6.45) is 3.80. The van der Waals surface area contributed by atoms with Gasteiger partial charge in [-0.15, -0.1) is 0 Å². The zero-order valence-electron chi connectivity index (χ0n) is 14.0. The summed E-state index contributed by atoms with van der Waals surface area (Å²) in [5, 5.41) is 14.6. The summed E-state index contributed by atoms with van der Waals surface area (Å²) >= 11 is 0. The van der Waals surface area contributed by atoms with E-state index in [1.165, 1.54) is 12.3 Å². The molecule has 3 N–H and O–H groups in total. The molecule has 1 atom stereocenters. The van der Waals surface area contributed by atoms with Gasteiger partial charge in [0.15, 0.2) is 5.76 Å². The Bertz CT molecular complexity index is 574. The van der Waals surface area contributed by atoms with E-state index in [1.807, 2.05) is 13.8 Å². The van der Waals surface area contributed by atoms with Crippen molar-refractivity contribution in [2.45, 2.75) is 51.6 Å². The second-order valence-corrected chi connectivity index (χ2v) is 6.57. The summed E-state index contributed by atoms with van der Waals surface area (Å²) < 4.78 is 5.04. The number of hydrogen-bond donors (Lipinski definition) is 3. The zero-order chi connectivity index (χ0) is 17.7. The fourth-order valence-corrected chi connectivity index (χ4v) is 2.93. The molecule has 0 radical (unpaired) electrons. The van der Waals surface area contributed by atoms with Crippen molar-refractivity contribution in [3.63, 3.8) is 0 Å². The highest BCUT2D eigenvalue weighted by atomic mass is 16.4. The minimum Gasteiger partial charge on any atom is -0.481 e. The molecule has 1 saturated carbocycles. The third-order valence-corrected chi connectivity index (χ3v) is 4.40. The summed E-state index contributed by atoms with van der Waals surface area (Å²) in [7, 11) is 0. The lowest BCUT2D eigenvalue weighted by Crippen LogP contribution is -2.52. The van der Waals surface area contributed by atoms with E-state index in [0.29, 0.717) is 25.7 Å². The van der Waals surface area contributed by atoms with Crippen molar-refractivity contribution in [1.29, 1.82) is 0 Å². The van der Waals surface area contributed by atoms with Crippen LogP contribution >= 0.6 is 0 Å². The molecule has 0 spiro atoms. The number of furan rings is 1. The smallest absolute Gasteiger partial charge is 0.306 e. The molecule has 7 heteroatoms. The van der Waals surface area contributed by atoms with E-state index >= 15 is 0 Å². The lowest BCUT2D eigenvalue weighted by atomic mass is 9.86. The number of carbonyl (C=O) groups is 3. The first kappa shape index (κ1) is 18.0. The molecule has 132 valence electrons. The number of carboxylic acid groups (broad SMARTS) is 1. The second-order valence-electron chi connectivity index (χ2n) is 6.57. The SMILES string of the molecule is CC(C)C(NC(=O)c1ccco1)C(=O)NC1CCC(C(=O)O)CC1. The lowest BCUT2D eigenvalue weighted by molar-refractivity contribution is -0.142. The number of amides is 2. The van der Waals surface area contributed by atoms with Crippen LogP contribution in [0.4, 0.5) is 0 Å². The Balaban J connectivity index is 1.90. The van der Waals surface area contributed by atoms with Crippen molar-refractivity contribution < 1.29 is 23.9 Å². The molecule has 1 aliphatic rings. The molecule has 7 nitrogen and oxygen atoms in total. The summed E-state index contributed by atoms with van der Waals surface area (Å²) in [4.78, 5) is 35.6. The van der Waals surface area contributed by atoms with E-state index in [0.717, 1.165) is 0 Å². The van der Waals surface area contributed by atoms with Crippen molar-refractivity contribution in [3.8, 4) is 0 Å². The quantitative estimate of drug-likeness (QED) is 0.734. The van der Waals surface area contributed by atoms with Gasteiger partial charge in [0.2, 0.25) is 5.91 Å². The highest BCUT2D eigenvalue weighted by molar-refractivity contribution is 5.95. The molecule has 24 heavy (non-hydrogen) atoms. The van der Waals surface area contributed by atoms with Gasteiger partial charge in [0.1, 0.15) is 6.04 Å². The van der Waals surface area contributed by atoms with E-state index in [4.69, 9.17) is 9.52 Å². The largest absolute Gasteiger partial charge is 0.481 e. The zero-order valence-corrected chi connectivity index (χ0v) is 14.0. The topological polar surface area (TPSA) is 109 Å². The number of aliphatic carboxylic acids is 1. The molecule has 2 amide bonds. The monoisotopic (exact) mass is 336 g/mol. The maximum atomic E-state index is 12.5. The molecule has 0 saturated heterocycles. The van der Waals surface area contributed by atoms with Gasteiger partial charge in [-0.3, -0.25) is 14.4 Å². The first-order chi connectivity index (χ1) is 11.4. The highest BCUT2D eigenvalue weighted by Crippen LogP contribution is 2.24. The average Bonchev–Trinajstić information content (AvgIpc) is 3.07. The summed E-state index contributed by atoms with van der Waals surface area (Å²) in [6, 6.07) is 2.44. The third kappa shape index (κ3) is 4.59. The Labute approximate surface area is 140 Å². The van der Waals surface area contributed by atoms with Crippen molar-refractivity contribution in [3.05, 3.63) is 24.2 Å². The highest BCUT2D eigenvalue weighted by Gasteiger charge is 2.30. The number of carboxylic acids is 1. The summed E-state index contributed by atoms with van der Waals surface area (Å²) in [5.41, 5.74) is 0. The van der Waals surface area contributed by atoms with E-state index < -0.39 is 17.9 Å². The molecule has 1 aromatic rings. The van der Waals surface area contributed by atoms with E-state index in [9.17, 15) is 14.4 Å². The first-order valence-corrected chi connectivity index (χ1v) is 8.26. The number of nitrogens with one attached hydrogen (secondary N) is 2. The van der Waals surface area contributed by atoms with Crippen LogP contribution in [0.5, 0.6) is 0 Å². The van der Waals surface area contributed by atoms with E-state index in [-0.39, 0.29) is 29.5 Å². The molecule has 1 aromatic heterocycles. The van der Waals surface area contributed by atoms with Gasteiger partial charge in [0.25, 0.3) is 5.91 Å². The van der Waals surface area contributed by atoms with Gasteiger partial charge in [-0.05, 0) is 43.7 Å². The average molecular weight is 336 g/mol. The molecule has 0 aromatic carbocycles. The van der Waals surface area contributed by atoms with Crippen LogP contribution < -0.4 is 10.6 Å². The van der Waals surface area contributed by atoms with Gasteiger partial charge in [-0.1, -0.05) is 13.8 Å². The lowest BCUT2D eigenvalue weighted by Gasteiger charge is -2.29. The first-order valence-electron chi connectivity index (χ1n) is 8.26. The number of carbonyl (C=O) groups excluding carboxylic acids is 2. The standard InChI is InChI=1S/C17H24N2O5/c1-10(2)14(19-15(20)13-4-3-9-24-13)16(21)18-12-7-5-11(6-8-12)17(22)23/h3-4,9-12,14H,5-8H2,1-2H3,(H,18,21)(H,19,20)(H,22,23). The third-order valence-electron chi connectivity index (χ3n) is 4.40. The Kier molecular flexibility index (Phi) is 6.00. The van der Waals surface area contributed by atoms with Crippen LogP contribution in [0, 0.1) is 11.8 Å². The fraction of sp³-hybridized carbons (Fsp3) is 0.588. The molecule has 1 unspecified atom stereocenters. The molecule has 1 heterocycles. The predicted molar refractivity (Wildman–Crippen MR) is 86.3 cm³/mol. The summed E-state index contributed by atoms with van der Waals surface area (Å²) in [6.45, 7) is 3.71. The Hall–Kier alpha value is -2.31. The Morgan fingerprint density at radius 3 is 2.38 bits per heavy atom. The van der Waals surface area contributed by atoms with Crippen molar-refractivity contribution >= 4 is 17.8 Å². The van der Waals surface area contributed by atoms with Crippen molar-refractivity contribution in [2.75, 3.05) is 0 Å². The van der Waals surface area contributed by atoms with Crippen molar-refractivity contribution in [2.24, 2.45) is 11.8 Å². The number of hydrogen-bond acceptors (Lipinski definition) is 4. The minimum atomic E-state index is -0.773. The van der Waals surface area contributed by atoms with Gasteiger partial charge in [-0.25, -0.2) is 0 Å². The van der Waals surface area contributed by atoms with Crippen LogP contribution in [0.15, 0.2) is 22.8 Å². The van der Waals surface area contributed by atoms with Gasteiger partial charge in [-0.2, -0.15) is 0 Å². The normalized spacial score (nSPS) is 22.0. The molecule has 2 rings (SSSR count). The van der Waals surface area contributed by atoms with Crippen LogP contribution in [-0.2, 0) is 9.59 Å². The molecule has 0 bridgehead atoms. The van der Waals surface area contributed by atoms with Gasteiger partial charge in [0, 0.05) is 6.04 Å². The van der Waals surface area contributed by atoms with E-state index in [2.05, 4.69) is 10.6 Å². The molecule has 1 aliphatic carbocycles. The molecular formula is C17H24N2O5. The van der Waals surface area contributed by atoms with Crippen LogP contribution in [0.3, 0.4) is 0 Å². The second kappa shape index (κ2) is 7.99. The van der Waals surface area contributed by atoms with Crippen LogP contribution in [0.1, 0.15) is 50.1 Å². The van der Waals surface area contributed by atoms with Crippen LogP contribution in [0.25, 0.3) is 0 Å². The predicted octanol–water partition coefficient (Wildman–Crippen LogP) is 1.79. The molecule has 0 aliphatic heterocycles. The Morgan fingerprint density at radius 2 is 1.88 bits per heavy atom. The van der Waals surface area contributed by atoms with Gasteiger partial charge < -0.3 is 20.2 Å². The molecular weight excluding hydrogens is 312 g/mol. The summed E-state index contributed by atoms with van der Waals surface area (Å²) in [5.74, 6) is -1.69. The fourth-order valence-electron chi connectivity index (χ4n) is 2.93. The van der Waals surface area contributed by atoms with Gasteiger partial charge >= 0.3 is 5.97 Å².